The van der Waals surface area contributed by atoms with Crippen LogP contribution in [-0.2, 0) is 6.54 Å². The van der Waals surface area contributed by atoms with E-state index in [0.29, 0.717) is 0 Å². The Bertz CT molecular complexity index is 549. The zero-order valence-electron chi connectivity index (χ0n) is 11.9. The molecule has 0 saturated carbocycles. The largest absolute Gasteiger partial charge is 0.354 e. The first-order chi connectivity index (χ1) is 9.19. The molecule has 0 amide bonds. The van der Waals surface area contributed by atoms with Crippen molar-refractivity contribution in [3.8, 4) is 0 Å². The van der Waals surface area contributed by atoms with Crippen LogP contribution in [-0.4, -0.2) is 29.5 Å². The SMILES string of the molecule is CNCc1c(N2CC(C)CC(C)C2)nc2sccn12. The molecule has 1 fully saturated rings. The zero-order valence-corrected chi connectivity index (χ0v) is 12.7. The Morgan fingerprint density at radius 1 is 1.37 bits per heavy atom. The Labute approximate surface area is 118 Å². The lowest BCUT2D eigenvalue weighted by Crippen LogP contribution is -2.39. The summed E-state index contributed by atoms with van der Waals surface area (Å²) in [6.07, 6.45) is 3.46. The number of hydrogen-bond donors (Lipinski definition) is 1. The molecule has 0 bridgehead atoms. The fourth-order valence-electron chi connectivity index (χ4n) is 3.24. The summed E-state index contributed by atoms with van der Waals surface area (Å²) in [4.78, 5) is 8.43. The lowest BCUT2D eigenvalue weighted by Gasteiger charge is -2.35. The number of nitrogens with one attached hydrogen (secondary N) is 1. The van der Waals surface area contributed by atoms with Gasteiger partial charge in [-0.3, -0.25) is 4.40 Å². The second kappa shape index (κ2) is 5.13. The molecule has 0 aliphatic carbocycles. The average molecular weight is 278 g/mol. The van der Waals surface area contributed by atoms with Gasteiger partial charge in [0.25, 0.3) is 0 Å². The molecule has 3 heterocycles. The van der Waals surface area contributed by atoms with E-state index in [4.69, 9.17) is 4.98 Å². The normalized spacial score (nSPS) is 24.3. The monoisotopic (exact) mass is 278 g/mol. The van der Waals surface area contributed by atoms with Gasteiger partial charge in [0.1, 0.15) is 0 Å². The Hall–Kier alpha value is -1.07. The van der Waals surface area contributed by atoms with Crippen LogP contribution in [0.3, 0.4) is 0 Å². The number of hydrogen-bond acceptors (Lipinski definition) is 4. The quantitative estimate of drug-likeness (QED) is 0.936. The van der Waals surface area contributed by atoms with Crippen LogP contribution in [0, 0.1) is 11.8 Å². The summed E-state index contributed by atoms with van der Waals surface area (Å²) >= 11 is 1.71. The third kappa shape index (κ3) is 2.37. The fourth-order valence-corrected chi connectivity index (χ4v) is 3.97. The number of rotatable bonds is 3. The molecule has 2 atom stereocenters. The molecule has 19 heavy (non-hydrogen) atoms. The summed E-state index contributed by atoms with van der Waals surface area (Å²) in [6, 6.07) is 0. The first kappa shape index (κ1) is 12.9. The van der Waals surface area contributed by atoms with E-state index in [0.717, 1.165) is 36.4 Å². The molecule has 0 aromatic carbocycles. The predicted molar refractivity (Wildman–Crippen MR) is 81.0 cm³/mol. The smallest absolute Gasteiger partial charge is 0.195 e. The second-order valence-corrected chi connectivity index (χ2v) is 6.69. The van der Waals surface area contributed by atoms with Crippen molar-refractivity contribution in [3.63, 3.8) is 0 Å². The van der Waals surface area contributed by atoms with E-state index in [1.165, 1.54) is 17.9 Å². The first-order valence-corrected chi connectivity index (χ1v) is 7.91. The summed E-state index contributed by atoms with van der Waals surface area (Å²) in [6.45, 7) is 7.82. The number of thiazole rings is 1. The molecule has 0 spiro atoms. The third-order valence-electron chi connectivity index (χ3n) is 3.85. The fraction of sp³-hybridized carbons (Fsp3) is 0.643. The van der Waals surface area contributed by atoms with Crippen LogP contribution in [0.4, 0.5) is 5.82 Å². The van der Waals surface area contributed by atoms with Gasteiger partial charge < -0.3 is 10.2 Å². The van der Waals surface area contributed by atoms with E-state index in [9.17, 15) is 0 Å². The molecule has 1 aliphatic rings. The number of aromatic nitrogens is 2. The summed E-state index contributed by atoms with van der Waals surface area (Å²) < 4.78 is 2.22. The minimum atomic E-state index is 0.755. The van der Waals surface area contributed by atoms with Crippen molar-refractivity contribution in [3.05, 3.63) is 17.3 Å². The van der Waals surface area contributed by atoms with Crippen molar-refractivity contribution >= 4 is 22.1 Å². The van der Waals surface area contributed by atoms with Crippen LogP contribution in [0.2, 0.25) is 0 Å². The minimum Gasteiger partial charge on any atom is -0.354 e. The van der Waals surface area contributed by atoms with Gasteiger partial charge >= 0.3 is 0 Å². The van der Waals surface area contributed by atoms with Gasteiger partial charge in [-0.05, 0) is 25.3 Å². The molecular formula is C14H22N4S. The van der Waals surface area contributed by atoms with Gasteiger partial charge in [0.15, 0.2) is 10.8 Å². The highest BCUT2D eigenvalue weighted by molar-refractivity contribution is 7.15. The topological polar surface area (TPSA) is 32.6 Å². The van der Waals surface area contributed by atoms with Gasteiger partial charge in [0.05, 0.1) is 5.69 Å². The standard InChI is InChI=1S/C14H22N4S/c1-10-6-11(2)9-17(8-10)13-12(7-15-3)18-4-5-19-14(18)16-13/h4-5,10-11,15H,6-9H2,1-3H3. The number of fused-ring (bicyclic) bond motifs is 1. The van der Waals surface area contributed by atoms with E-state index in [1.54, 1.807) is 11.3 Å². The van der Waals surface area contributed by atoms with Crippen LogP contribution in [0.15, 0.2) is 11.6 Å². The highest BCUT2D eigenvalue weighted by atomic mass is 32.1. The van der Waals surface area contributed by atoms with E-state index >= 15 is 0 Å². The second-order valence-electron chi connectivity index (χ2n) is 5.82. The Morgan fingerprint density at radius 3 is 2.79 bits per heavy atom. The van der Waals surface area contributed by atoms with Crippen molar-refractivity contribution in [2.45, 2.75) is 26.8 Å². The van der Waals surface area contributed by atoms with E-state index < -0.39 is 0 Å². The molecule has 0 radical (unpaired) electrons. The van der Waals surface area contributed by atoms with Gasteiger partial charge in [-0.1, -0.05) is 13.8 Å². The van der Waals surface area contributed by atoms with Gasteiger partial charge in [-0.15, -0.1) is 11.3 Å². The van der Waals surface area contributed by atoms with E-state index in [1.807, 2.05) is 7.05 Å². The van der Waals surface area contributed by atoms with Gasteiger partial charge in [-0.2, -0.15) is 0 Å². The van der Waals surface area contributed by atoms with Crippen molar-refractivity contribution < 1.29 is 0 Å². The van der Waals surface area contributed by atoms with Crippen LogP contribution in [0.1, 0.15) is 26.0 Å². The molecule has 1 aliphatic heterocycles. The Morgan fingerprint density at radius 2 is 2.11 bits per heavy atom. The summed E-state index contributed by atoms with van der Waals surface area (Å²) in [7, 11) is 2.00. The van der Waals surface area contributed by atoms with E-state index in [-0.39, 0.29) is 0 Å². The van der Waals surface area contributed by atoms with Crippen molar-refractivity contribution in [1.29, 1.82) is 0 Å². The molecule has 104 valence electrons. The minimum absolute atomic E-state index is 0.755. The lowest BCUT2D eigenvalue weighted by atomic mass is 9.92. The molecular weight excluding hydrogens is 256 g/mol. The average Bonchev–Trinajstić information content (AvgIpc) is 2.90. The van der Waals surface area contributed by atoms with E-state index in [2.05, 4.69) is 40.0 Å². The molecule has 2 unspecified atom stereocenters. The zero-order chi connectivity index (χ0) is 13.4. The van der Waals surface area contributed by atoms with Crippen LogP contribution < -0.4 is 10.2 Å². The van der Waals surface area contributed by atoms with Gasteiger partial charge in [0, 0.05) is 31.2 Å². The van der Waals surface area contributed by atoms with Crippen LogP contribution in [0.5, 0.6) is 0 Å². The Balaban J connectivity index is 1.98. The molecule has 4 nitrogen and oxygen atoms in total. The molecule has 1 saturated heterocycles. The molecule has 5 heteroatoms. The number of piperidine rings is 1. The summed E-state index contributed by atoms with van der Waals surface area (Å²) in [5, 5.41) is 5.37. The number of anilines is 1. The van der Waals surface area contributed by atoms with Gasteiger partial charge in [-0.25, -0.2) is 4.98 Å². The van der Waals surface area contributed by atoms with Crippen molar-refractivity contribution in [2.24, 2.45) is 11.8 Å². The summed E-state index contributed by atoms with van der Waals surface area (Å²) in [5.74, 6) is 2.69. The summed E-state index contributed by atoms with van der Waals surface area (Å²) in [5.41, 5.74) is 1.29. The molecule has 1 N–H and O–H groups in total. The lowest BCUT2D eigenvalue weighted by molar-refractivity contribution is 0.355. The van der Waals surface area contributed by atoms with Crippen molar-refractivity contribution in [1.82, 2.24) is 14.7 Å². The maximum absolute atomic E-state index is 4.85. The van der Waals surface area contributed by atoms with Crippen LogP contribution >= 0.6 is 11.3 Å². The number of imidazole rings is 1. The predicted octanol–water partition coefficient (Wildman–Crippen LogP) is 2.60. The third-order valence-corrected chi connectivity index (χ3v) is 4.61. The molecule has 2 aromatic heterocycles. The van der Waals surface area contributed by atoms with Gasteiger partial charge in [0.2, 0.25) is 0 Å². The Kier molecular flexibility index (Phi) is 3.50. The maximum Gasteiger partial charge on any atom is 0.195 e. The molecule has 2 aromatic rings. The van der Waals surface area contributed by atoms with Crippen LogP contribution in [0.25, 0.3) is 4.96 Å². The highest BCUT2D eigenvalue weighted by Crippen LogP contribution is 2.30. The molecule has 3 rings (SSSR count). The number of nitrogens with zero attached hydrogens (tertiary/aromatic N) is 3. The highest BCUT2D eigenvalue weighted by Gasteiger charge is 2.26. The maximum atomic E-state index is 4.85. The van der Waals surface area contributed by atoms with Crippen molar-refractivity contribution in [2.75, 3.05) is 25.0 Å². The first-order valence-electron chi connectivity index (χ1n) is 7.03.